The molecule has 0 saturated heterocycles. The molecular formula is C9H12N2. The molecule has 0 N–H and O–H groups in total. The first-order valence-electron chi connectivity index (χ1n) is 3.51. The summed E-state index contributed by atoms with van der Waals surface area (Å²) in [6.07, 6.45) is 7.48. The Bertz CT molecular complexity index is 282. The third-order valence-corrected chi connectivity index (χ3v) is 1.48. The first-order chi connectivity index (χ1) is 5.24. The minimum atomic E-state index is 1.01. The smallest absolute Gasteiger partial charge is 0.0951 e. The van der Waals surface area contributed by atoms with E-state index < -0.39 is 0 Å². The van der Waals surface area contributed by atoms with Gasteiger partial charge in [0, 0.05) is 13.2 Å². The van der Waals surface area contributed by atoms with Crippen LogP contribution in [0.15, 0.2) is 31.3 Å². The normalized spacial score (nSPS) is 11.6. The van der Waals surface area contributed by atoms with Gasteiger partial charge < -0.3 is 4.57 Å². The molecule has 0 atom stereocenters. The summed E-state index contributed by atoms with van der Waals surface area (Å²) in [7, 11) is 1.96. The molecule has 1 rings (SSSR count). The van der Waals surface area contributed by atoms with E-state index in [9.17, 15) is 0 Å². The van der Waals surface area contributed by atoms with Gasteiger partial charge in [0.15, 0.2) is 0 Å². The van der Waals surface area contributed by atoms with Gasteiger partial charge in [0.25, 0.3) is 0 Å². The maximum Gasteiger partial charge on any atom is 0.0951 e. The van der Waals surface area contributed by atoms with Crippen LogP contribution < -0.4 is 0 Å². The predicted molar refractivity (Wildman–Crippen MR) is 47.1 cm³/mol. The van der Waals surface area contributed by atoms with Gasteiger partial charge in [0.05, 0.1) is 12.0 Å². The van der Waals surface area contributed by atoms with Crippen LogP contribution in [0, 0.1) is 0 Å². The van der Waals surface area contributed by atoms with Gasteiger partial charge in [-0.25, -0.2) is 4.98 Å². The molecule has 0 aliphatic heterocycles. The van der Waals surface area contributed by atoms with Crippen LogP contribution in [0.25, 0.3) is 5.57 Å². The van der Waals surface area contributed by atoms with Gasteiger partial charge in [-0.15, -0.1) is 0 Å². The zero-order valence-corrected chi connectivity index (χ0v) is 6.91. The Morgan fingerprint density at radius 1 is 1.73 bits per heavy atom. The van der Waals surface area contributed by atoms with Crippen molar-refractivity contribution < 1.29 is 0 Å². The van der Waals surface area contributed by atoms with Gasteiger partial charge in [0.1, 0.15) is 0 Å². The Kier molecular flexibility index (Phi) is 2.26. The van der Waals surface area contributed by atoms with E-state index in [0.717, 1.165) is 11.3 Å². The maximum atomic E-state index is 4.18. The summed E-state index contributed by atoms with van der Waals surface area (Å²) in [6, 6.07) is 0. The van der Waals surface area contributed by atoms with Crippen molar-refractivity contribution in [3.05, 3.63) is 36.9 Å². The number of nitrogens with zero attached hydrogens (tertiary/aromatic N) is 2. The van der Waals surface area contributed by atoms with E-state index in [-0.39, 0.29) is 0 Å². The van der Waals surface area contributed by atoms with Crippen LogP contribution >= 0.6 is 0 Å². The number of allylic oxidation sites excluding steroid dienone is 3. The van der Waals surface area contributed by atoms with Crippen molar-refractivity contribution in [3.63, 3.8) is 0 Å². The molecule has 0 aliphatic carbocycles. The summed E-state index contributed by atoms with van der Waals surface area (Å²) in [4.78, 5) is 4.18. The lowest BCUT2D eigenvalue weighted by molar-refractivity contribution is 0.913. The van der Waals surface area contributed by atoms with E-state index in [1.807, 2.05) is 30.8 Å². The number of rotatable bonds is 2. The molecule has 0 bridgehead atoms. The topological polar surface area (TPSA) is 17.8 Å². The Labute approximate surface area is 66.9 Å². The van der Waals surface area contributed by atoms with Crippen molar-refractivity contribution in [1.29, 1.82) is 0 Å². The van der Waals surface area contributed by atoms with Crippen LogP contribution in [0.4, 0.5) is 0 Å². The molecule has 0 unspecified atom stereocenters. The zero-order chi connectivity index (χ0) is 8.27. The van der Waals surface area contributed by atoms with Crippen LogP contribution in [-0.4, -0.2) is 9.55 Å². The van der Waals surface area contributed by atoms with Crippen LogP contribution in [-0.2, 0) is 7.05 Å². The summed E-state index contributed by atoms with van der Waals surface area (Å²) in [5.74, 6) is 0. The Morgan fingerprint density at radius 2 is 2.45 bits per heavy atom. The quantitative estimate of drug-likeness (QED) is 0.586. The summed E-state index contributed by atoms with van der Waals surface area (Å²) in [6.45, 7) is 5.64. The van der Waals surface area contributed by atoms with E-state index in [0.29, 0.717) is 0 Å². The summed E-state index contributed by atoms with van der Waals surface area (Å²) in [5.41, 5.74) is 2.15. The van der Waals surface area contributed by atoms with E-state index in [4.69, 9.17) is 0 Å². The predicted octanol–water partition coefficient (Wildman–Crippen LogP) is 2.01. The molecule has 58 valence electrons. The molecule has 0 fully saturated rings. The minimum Gasteiger partial charge on any atom is -0.340 e. The highest BCUT2D eigenvalue weighted by Crippen LogP contribution is 2.09. The Balaban J connectivity index is 2.93. The van der Waals surface area contributed by atoms with Gasteiger partial charge in [0.2, 0.25) is 0 Å². The van der Waals surface area contributed by atoms with Crippen LogP contribution in [0.2, 0.25) is 0 Å². The number of hydrogen-bond acceptors (Lipinski definition) is 1. The molecule has 11 heavy (non-hydrogen) atoms. The number of imidazole rings is 1. The lowest BCUT2D eigenvalue weighted by Gasteiger charge is -1.90. The highest BCUT2D eigenvalue weighted by atomic mass is 15.0. The standard InChI is InChI=1S/C9H12N2/c1-4-5-8(2)9-6-11(3)7-10-9/h4-7H,1H2,2-3H3/b8-5+. The molecule has 0 amide bonds. The van der Waals surface area contributed by atoms with Gasteiger partial charge in [-0.3, -0.25) is 0 Å². The maximum absolute atomic E-state index is 4.18. The lowest BCUT2D eigenvalue weighted by atomic mass is 10.2. The van der Waals surface area contributed by atoms with Gasteiger partial charge >= 0.3 is 0 Å². The number of hydrogen-bond donors (Lipinski definition) is 0. The molecule has 0 radical (unpaired) electrons. The third kappa shape index (κ3) is 1.80. The molecule has 1 heterocycles. The first-order valence-corrected chi connectivity index (χ1v) is 3.51. The fourth-order valence-corrected chi connectivity index (χ4v) is 0.879. The minimum absolute atomic E-state index is 1.01. The monoisotopic (exact) mass is 148 g/mol. The van der Waals surface area contributed by atoms with Crippen LogP contribution in [0.3, 0.4) is 0 Å². The van der Waals surface area contributed by atoms with Crippen molar-refractivity contribution in [1.82, 2.24) is 9.55 Å². The molecule has 2 nitrogen and oxygen atoms in total. The van der Waals surface area contributed by atoms with Crippen LogP contribution in [0.1, 0.15) is 12.6 Å². The highest BCUT2D eigenvalue weighted by Gasteiger charge is 1.95. The van der Waals surface area contributed by atoms with Crippen molar-refractivity contribution in [2.75, 3.05) is 0 Å². The summed E-state index contributed by atoms with van der Waals surface area (Å²) >= 11 is 0. The van der Waals surface area contributed by atoms with E-state index in [1.54, 1.807) is 12.4 Å². The summed E-state index contributed by atoms with van der Waals surface area (Å²) < 4.78 is 1.93. The zero-order valence-electron chi connectivity index (χ0n) is 6.91. The fourth-order valence-electron chi connectivity index (χ4n) is 0.879. The van der Waals surface area contributed by atoms with Crippen LogP contribution in [0.5, 0.6) is 0 Å². The molecule has 0 aromatic carbocycles. The lowest BCUT2D eigenvalue weighted by Crippen LogP contribution is -1.79. The largest absolute Gasteiger partial charge is 0.340 e. The molecule has 0 saturated carbocycles. The molecule has 1 aromatic heterocycles. The second-order valence-electron chi connectivity index (χ2n) is 2.51. The number of aryl methyl sites for hydroxylation is 1. The molecule has 1 aromatic rings. The third-order valence-electron chi connectivity index (χ3n) is 1.48. The molecule has 0 aliphatic rings. The van der Waals surface area contributed by atoms with Gasteiger partial charge in [-0.1, -0.05) is 18.7 Å². The molecule has 0 spiro atoms. The second kappa shape index (κ2) is 3.19. The molecular weight excluding hydrogens is 136 g/mol. The fraction of sp³-hybridized carbons (Fsp3) is 0.222. The highest BCUT2D eigenvalue weighted by molar-refractivity contribution is 5.61. The second-order valence-corrected chi connectivity index (χ2v) is 2.51. The first kappa shape index (κ1) is 7.79. The Hall–Kier alpha value is -1.31. The average molecular weight is 148 g/mol. The van der Waals surface area contributed by atoms with E-state index >= 15 is 0 Å². The average Bonchev–Trinajstić information content (AvgIpc) is 2.36. The van der Waals surface area contributed by atoms with Gasteiger partial charge in [-0.05, 0) is 12.5 Å². The van der Waals surface area contributed by atoms with E-state index in [2.05, 4.69) is 11.6 Å². The SMILES string of the molecule is C=C/C=C(\C)c1cn(C)cn1. The van der Waals surface area contributed by atoms with Crippen molar-refractivity contribution in [2.45, 2.75) is 6.92 Å². The molecule has 2 heteroatoms. The summed E-state index contributed by atoms with van der Waals surface area (Å²) in [5, 5.41) is 0. The van der Waals surface area contributed by atoms with Crippen molar-refractivity contribution in [2.24, 2.45) is 7.05 Å². The number of aromatic nitrogens is 2. The van der Waals surface area contributed by atoms with Gasteiger partial charge in [-0.2, -0.15) is 0 Å². The van der Waals surface area contributed by atoms with E-state index in [1.165, 1.54) is 0 Å². The van der Waals surface area contributed by atoms with Crippen molar-refractivity contribution in [3.8, 4) is 0 Å². The van der Waals surface area contributed by atoms with Crippen molar-refractivity contribution >= 4 is 5.57 Å². The Morgan fingerprint density at radius 3 is 2.91 bits per heavy atom.